The highest BCUT2D eigenvalue weighted by Gasteiger charge is 2.22. The lowest BCUT2D eigenvalue weighted by molar-refractivity contribution is -0.115. The summed E-state index contributed by atoms with van der Waals surface area (Å²) in [6, 6.07) is 7.06. The van der Waals surface area contributed by atoms with Crippen LogP contribution in [0.4, 0.5) is 5.69 Å². The molecule has 0 atom stereocenters. The lowest BCUT2D eigenvalue weighted by atomic mass is 10.1. The number of benzene rings is 1. The third-order valence-corrected chi connectivity index (χ3v) is 6.96. The third-order valence-electron chi connectivity index (χ3n) is 4.80. The van der Waals surface area contributed by atoms with E-state index in [9.17, 15) is 9.59 Å². The number of hydrogen-bond donors (Lipinski definition) is 1. The van der Waals surface area contributed by atoms with Crippen LogP contribution in [0.25, 0.3) is 10.2 Å². The number of carbonyl (C=O) groups excluding carboxylic acids is 2. The number of aryl methyl sites for hydroxylation is 3. The minimum Gasteiger partial charge on any atom is -0.326 e. The first-order chi connectivity index (χ1) is 13.5. The molecule has 28 heavy (non-hydrogen) atoms. The van der Waals surface area contributed by atoms with Gasteiger partial charge in [-0.2, -0.15) is 0 Å². The standard InChI is InChI=1S/C21H21N3O2S2/c1-3-18(26)24-14-9-7-13(8-10-14)16(25)11-27-20-19-15-5-4-6-17(15)28-21(19)23-12(2)22-20/h7-10H,3-6,11H2,1-2H3,(H,24,26). The van der Waals surface area contributed by atoms with Gasteiger partial charge in [0.1, 0.15) is 15.7 Å². The first-order valence-electron chi connectivity index (χ1n) is 9.40. The highest BCUT2D eigenvalue weighted by atomic mass is 32.2. The summed E-state index contributed by atoms with van der Waals surface area (Å²) in [5.74, 6) is 1.09. The van der Waals surface area contributed by atoms with Crippen LogP contribution in [0.3, 0.4) is 0 Å². The van der Waals surface area contributed by atoms with Gasteiger partial charge in [0.25, 0.3) is 0 Å². The van der Waals surface area contributed by atoms with E-state index in [2.05, 4.69) is 15.3 Å². The Balaban J connectivity index is 1.50. The van der Waals surface area contributed by atoms with E-state index in [0.717, 1.165) is 33.9 Å². The van der Waals surface area contributed by atoms with Gasteiger partial charge in [-0.15, -0.1) is 11.3 Å². The quantitative estimate of drug-likeness (QED) is 0.358. The normalized spacial score (nSPS) is 12.9. The Morgan fingerprint density at radius 2 is 1.96 bits per heavy atom. The van der Waals surface area contributed by atoms with Crippen molar-refractivity contribution in [3.63, 3.8) is 0 Å². The largest absolute Gasteiger partial charge is 0.326 e. The number of nitrogens with zero attached hydrogens (tertiary/aromatic N) is 2. The van der Waals surface area contributed by atoms with E-state index < -0.39 is 0 Å². The number of carbonyl (C=O) groups is 2. The summed E-state index contributed by atoms with van der Waals surface area (Å²) in [6.45, 7) is 3.71. The zero-order chi connectivity index (χ0) is 19.7. The van der Waals surface area contributed by atoms with Gasteiger partial charge in [0, 0.05) is 27.9 Å². The molecule has 0 radical (unpaired) electrons. The van der Waals surface area contributed by atoms with Crippen LogP contribution < -0.4 is 5.32 Å². The monoisotopic (exact) mass is 411 g/mol. The Hall–Kier alpha value is -2.25. The van der Waals surface area contributed by atoms with Crippen molar-refractivity contribution in [1.82, 2.24) is 9.97 Å². The van der Waals surface area contributed by atoms with Gasteiger partial charge in [0.2, 0.25) is 5.91 Å². The van der Waals surface area contributed by atoms with Gasteiger partial charge < -0.3 is 5.32 Å². The minimum atomic E-state index is -0.0407. The van der Waals surface area contributed by atoms with Crippen molar-refractivity contribution < 1.29 is 9.59 Å². The molecule has 5 nitrogen and oxygen atoms in total. The van der Waals surface area contributed by atoms with Crippen LogP contribution >= 0.6 is 23.1 Å². The lowest BCUT2D eigenvalue weighted by Gasteiger charge is -2.07. The van der Waals surface area contributed by atoms with Crippen LogP contribution in [0.5, 0.6) is 0 Å². The second-order valence-electron chi connectivity index (χ2n) is 6.80. The van der Waals surface area contributed by atoms with Gasteiger partial charge in [-0.05, 0) is 56.0 Å². The van der Waals surface area contributed by atoms with Crippen molar-refractivity contribution >= 4 is 50.7 Å². The molecule has 2 heterocycles. The van der Waals surface area contributed by atoms with Crippen LogP contribution in [0.2, 0.25) is 0 Å². The Kier molecular flexibility index (Phi) is 5.46. The molecule has 3 aromatic rings. The molecule has 2 aromatic heterocycles. The van der Waals surface area contributed by atoms with E-state index in [1.165, 1.54) is 28.6 Å². The fourth-order valence-electron chi connectivity index (χ4n) is 3.37. The summed E-state index contributed by atoms with van der Waals surface area (Å²) in [6.07, 6.45) is 3.82. The molecule has 0 spiro atoms. The number of Topliss-reactive ketones (excluding diaryl/α,β-unsaturated/α-hetero) is 1. The number of thiophene rings is 1. The molecule has 7 heteroatoms. The van der Waals surface area contributed by atoms with Crippen molar-refractivity contribution in [2.75, 3.05) is 11.1 Å². The molecule has 0 saturated heterocycles. The van der Waals surface area contributed by atoms with Gasteiger partial charge >= 0.3 is 0 Å². The second kappa shape index (κ2) is 8.01. The fourth-order valence-corrected chi connectivity index (χ4v) is 5.74. The summed E-state index contributed by atoms with van der Waals surface area (Å²) < 4.78 is 0. The minimum absolute atomic E-state index is 0.0407. The van der Waals surface area contributed by atoms with Gasteiger partial charge in [-0.1, -0.05) is 18.7 Å². The van der Waals surface area contributed by atoms with Crippen LogP contribution in [-0.2, 0) is 17.6 Å². The summed E-state index contributed by atoms with van der Waals surface area (Å²) in [7, 11) is 0. The Bertz CT molecular complexity index is 1060. The average molecular weight is 412 g/mol. The first-order valence-corrected chi connectivity index (χ1v) is 11.2. The van der Waals surface area contributed by atoms with Crippen LogP contribution in [0.15, 0.2) is 29.3 Å². The highest BCUT2D eigenvalue weighted by Crippen LogP contribution is 2.40. The van der Waals surface area contributed by atoms with E-state index >= 15 is 0 Å². The molecule has 0 unspecified atom stereocenters. The maximum Gasteiger partial charge on any atom is 0.224 e. The number of anilines is 1. The van der Waals surface area contributed by atoms with Crippen LogP contribution in [0, 0.1) is 6.92 Å². The number of nitrogens with one attached hydrogen (secondary N) is 1. The molecule has 1 aliphatic rings. The van der Waals surface area contributed by atoms with Gasteiger partial charge in [-0.25, -0.2) is 9.97 Å². The molecule has 144 valence electrons. The summed E-state index contributed by atoms with van der Waals surface area (Å²) in [4.78, 5) is 35.8. The van der Waals surface area contributed by atoms with E-state index in [-0.39, 0.29) is 11.7 Å². The predicted molar refractivity (Wildman–Crippen MR) is 115 cm³/mol. The van der Waals surface area contributed by atoms with Crippen molar-refractivity contribution in [3.8, 4) is 0 Å². The van der Waals surface area contributed by atoms with Crippen LogP contribution in [-0.4, -0.2) is 27.4 Å². The molecule has 0 bridgehead atoms. The van der Waals surface area contributed by atoms with E-state index in [0.29, 0.717) is 23.4 Å². The van der Waals surface area contributed by atoms with Gasteiger partial charge in [0.15, 0.2) is 5.78 Å². The topological polar surface area (TPSA) is 72.0 Å². The number of rotatable bonds is 6. The molecule has 1 aliphatic carbocycles. The summed E-state index contributed by atoms with van der Waals surface area (Å²) in [5.41, 5.74) is 2.73. The number of hydrogen-bond acceptors (Lipinski definition) is 6. The summed E-state index contributed by atoms with van der Waals surface area (Å²) >= 11 is 3.26. The van der Waals surface area contributed by atoms with Crippen molar-refractivity contribution in [1.29, 1.82) is 0 Å². The molecule has 4 rings (SSSR count). The maximum atomic E-state index is 12.7. The number of amides is 1. The Labute approximate surface area is 172 Å². The third kappa shape index (κ3) is 3.82. The van der Waals surface area contributed by atoms with Crippen molar-refractivity contribution in [2.24, 2.45) is 0 Å². The molecule has 0 fully saturated rings. The predicted octanol–water partition coefficient (Wildman–Crippen LogP) is 4.81. The summed E-state index contributed by atoms with van der Waals surface area (Å²) in [5, 5.41) is 4.86. The molecule has 1 aromatic carbocycles. The smallest absolute Gasteiger partial charge is 0.224 e. The Morgan fingerprint density at radius 1 is 1.18 bits per heavy atom. The molecular formula is C21H21N3O2S2. The Morgan fingerprint density at radius 3 is 2.71 bits per heavy atom. The molecule has 1 N–H and O–H groups in total. The van der Waals surface area contributed by atoms with Crippen LogP contribution in [0.1, 0.15) is 46.4 Å². The lowest BCUT2D eigenvalue weighted by Crippen LogP contribution is -2.09. The van der Waals surface area contributed by atoms with E-state index in [4.69, 9.17) is 0 Å². The number of fused-ring (bicyclic) bond motifs is 3. The molecular weight excluding hydrogens is 390 g/mol. The van der Waals surface area contributed by atoms with Crippen molar-refractivity contribution in [3.05, 3.63) is 46.1 Å². The molecule has 0 aliphatic heterocycles. The molecule has 0 saturated carbocycles. The maximum absolute atomic E-state index is 12.7. The fraction of sp³-hybridized carbons (Fsp3) is 0.333. The zero-order valence-electron chi connectivity index (χ0n) is 15.9. The number of ketones is 1. The van der Waals surface area contributed by atoms with Crippen molar-refractivity contribution in [2.45, 2.75) is 44.6 Å². The SMILES string of the molecule is CCC(=O)Nc1ccc(C(=O)CSc2nc(C)nc3sc4c(c23)CCC4)cc1. The first kappa shape index (κ1) is 19.1. The highest BCUT2D eigenvalue weighted by molar-refractivity contribution is 8.00. The van der Waals surface area contributed by atoms with E-state index in [1.807, 2.05) is 6.92 Å². The average Bonchev–Trinajstić information content (AvgIpc) is 3.27. The second-order valence-corrected chi connectivity index (χ2v) is 8.85. The zero-order valence-corrected chi connectivity index (χ0v) is 17.5. The number of aromatic nitrogens is 2. The number of thioether (sulfide) groups is 1. The van der Waals surface area contributed by atoms with Gasteiger partial charge in [-0.3, -0.25) is 9.59 Å². The van der Waals surface area contributed by atoms with E-state index in [1.54, 1.807) is 42.5 Å². The molecule has 1 amide bonds. The van der Waals surface area contributed by atoms with Gasteiger partial charge in [0.05, 0.1) is 5.75 Å².